The molecule has 0 atom stereocenters. The third-order valence-electron chi connectivity index (χ3n) is 2.67. The monoisotopic (exact) mass is 358 g/mol. The van der Waals surface area contributed by atoms with Crippen molar-refractivity contribution in [2.75, 3.05) is 7.11 Å². The van der Waals surface area contributed by atoms with E-state index in [-0.39, 0.29) is 44.0 Å². The van der Waals surface area contributed by atoms with Gasteiger partial charge in [-0.05, 0) is 24.6 Å². The van der Waals surface area contributed by atoms with Gasteiger partial charge in [0.1, 0.15) is 0 Å². The summed E-state index contributed by atoms with van der Waals surface area (Å²) in [7, 11) is 1.54. The van der Waals surface area contributed by atoms with Crippen LogP contribution in [0.25, 0.3) is 11.2 Å². The predicted molar refractivity (Wildman–Crippen MR) is 103 cm³/mol. The van der Waals surface area contributed by atoms with Crippen LogP contribution in [0.3, 0.4) is 0 Å². The van der Waals surface area contributed by atoms with Crippen LogP contribution in [0.2, 0.25) is 0 Å². The Morgan fingerprint density at radius 3 is 1.92 bits per heavy atom. The fourth-order valence-corrected chi connectivity index (χ4v) is 1.81. The first-order chi connectivity index (χ1) is 9.79. The molecular weight excluding hydrogens is 332 g/mol. The van der Waals surface area contributed by atoms with Gasteiger partial charge >= 0.3 is 21.7 Å². The standard InChI is InChI=1S/C17H17N2O.3CH3.Ti/c1-14(18-16-11-7-4-8-12-16)13-17(19-20-2)15-9-5-3-6-10-15;;;;/h3-13H,1-2H3;3*1H3;/q4*-1;+4. The fourth-order valence-electron chi connectivity index (χ4n) is 1.81. The van der Waals surface area contributed by atoms with Crippen LogP contribution in [-0.2, 0) is 26.6 Å². The molecule has 0 bridgehead atoms. The molecule has 0 N–H and O–H groups in total. The normalized spacial score (nSPS) is 10.2. The predicted octanol–water partition coefficient (Wildman–Crippen LogP) is 6.10. The Balaban J connectivity index is -0.00000110. The van der Waals surface area contributed by atoms with E-state index in [0.29, 0.717) is 0 Å². The molecule has 0 aliphatic heterocycles. The molecule has 2 rings (SSSR count). The summed E-state index contributed by atoms with van der Waals surface area (Å²) in [6.45, 7) is 1.95. The van der Waals surface area contributed by atoms with Gasteiger partial charge in [0.2, 0.25) is 0 Å². The molecule has 24 heavy (non-hydrogen) atoms. The Hall–Kier alpha value is -1.68. The average Bonchev–Trinajstić information content (AvgIpc) is 2.49. The van der Waals surface area contributed by atoms with Crippen molar-refractivity contribution in [3.63, 3.8) is 0 Å². The van der Waals surface area contributed by atoms with E-state index in [1.807, 2.05) is 73.7 Å². The summed E-state index contributed by atoms with van der Waals surface area (Å²) in [6, 6.07) is 19.7. The zero-order valence-electron chi connectivity index (χ0n) is 15.2. The van der Waals surface area contributed by atoms with Crippen LogP contribution in [0, 0.1) is 22.3 Å². The van der Waals surface area contributed by atoms with E-state index in [9.17, 15) is 0 Å². The van der Waals surface area contributed by atoms with Gasteiger partial charge in [0.15, 0.2) is 0 Å². The molecular formula is C20H26N2OTi. The smallest absolute Gasteiger partial charge is 0.562 e. The number of hydroxylamine groups is 1. The maximum absolute atomic E-state index is 4.91. The second-order valence-corrected chi connectivity index (χ2v) is 4.26. The second-order valence-electron chi connectivity index (χ2n) is 4.26. The number of allylic oxidation sites excluding steroid dienone is 1. The average molecular weight is 358 g/mol. The molecule has 0 amide bonds. The Morgan fingerprint density at radius 2 is 1.42 bits per heavy atom. The Labute approximate surface area is 162 Å². The van der Waals surface area contributed by atoms with Crippen molar-refractivity contribution >= 4 is 17.1 Å². The van der Waals surface area contributed by atoms with Crippen LogP contribution in [0.4, 0.5) is 5.69 Å². The molecule has 0 aromatic heterocycles. The van der Waals surface area contributed by atoms with Crippen LogP contribution in [0.1, 0.15) is 12.5 Å². The van der Waals surface area contributed by atoms with Gasteiger partial charge in [-0.3, -0.25) is 4.99 Å². The topological polar surface area (TPSA) is 35.7 Å². The van der Waals surface area contributed by atoms with Crippen molar-refractivity contribution in [3.05, 3.63) is 100 Å². The minimum atomic E-state index is 0. The molecule has 0 spiro atoms. The van der Waals surface area contributed by atoms with Crippen molar-refractivity contribution in [1.82, 2.24) is 0 Å². The summed E-state index contributed by atoms with van der Waals surface area (Å²) in [6.07, 6.45) is 1.91. The van der Waals surface area contributed by atoms with Gasteiger partial charge in [0.25, 0.3) is 0 Å². The Kier molecular flexibility index (Phi) is 16.9. The number of hydrogen-bond donors (Lipinski definition) is 0. The third kappa shape index (κ3) is 8.83. The number of rotatable bonds is 5. The van der Waals surface area contributed by atoms with Crippen molar-refractivity contribution in [2.24, 2.45) is 4.99 Å². The number of benzene rings is 2. The SMILES string of the molecule is CO[N-]C(=CC(C)=Nc1ccccc1)c1ccccc1.[CH3-].[CH3-].[CH3-].[Ti+4]. The van der Waals surface area contributed by atoms with E-state index in [0.717, 1.165) is 22.7 Å². The quantitative estimate of drug-likeness (QED) is 0.275. The minimum absolute atomic E-state index is 0. The first-order valence-electron chi connectivity index (χ1n) is 6.41. The van der Waals surface area contributed by atoms with Gasteiger partial charge in [0, 0.05) is 12.8 Å². The van der Waals surface area contributed by atoms with Gasteiger partial charge in [-0.1, -0.05) is 54.6 Å². The van der Waals surface area contributed by atoms with Crippen LogP contribution in [-0.4, -0.2) is 12.8 Å². The maximum atomic E-state index is 4.91. The summed E-state index contributed by atoms with van der Waals surface area (Å²) in [5.74, 6) is 0. The van der Waals surface area contributed by atoms with Gasteiger partial charge in [-0.25, -0.2) is 0 Å². The first-order valence-corrected chi connectivity index (χ1v) is 6.41. The molecule has 0 aliphatic carbocycles. The minimum Gasteiger partial charge on any atom is -0.562 e. The Morgan fingerprint density at radius 1 is 0.917 bits per heavy atom. The van der Waals surface area contributed by atoms with E-state index in [1.54, 1.807) is 7.11 Å². The molecule has 4 heteroatoms. The van der Waals surface area contributed by atoms with Gasteiger partial charge in [-0.2, -0.15) is 0 Å². The molecule has 0 heterocycles. The molecule has 0 unspecified atom stereocenters. The van der Waals surface area contributed by atoms with Crippen molar-refractivity contribution in [3.8, 4) is 0 Å². The second kappa shape index (κ2) is 14.9. The zero-order chi connectivity index (χ0) is 14.2. The Bertz CT molecular complexity index is 596. The summed E-state index contributed by atoms with van der Waals surface area (Å²) in [5, 5.41) is 0. The first kappa shape index (κ1) is 27.2. The number of para-hydroxylation sites is 1. The number of hydrogen-bond acceptors (Lipinski definition) is 2. The zero-order valence-corrected chi connectivity index (χ0v) is 16.7. The summed E-state index contributed by atoms with van der Waals surface area (Å²) >= 11 is 0. The number of aliphatic imine (C=N–C) groups is 1. The van der Waals surface area contributed by atoms with Crippen molar-refractivity contribution < 1.29 is 26.6 Å². The molecule has 126 valence electrons. The largest absolute Gasteiger partial charge is 4.00 e. The van der Waals surface area contributed by atoms with E-state index in [1.165, 1.54) is 0 Å². The molecule has 0 fully saturated rings. The molecule has 2 aromatic carbocycles. The van der Waals surface area contributed by atoms with E-state index in [4.69, 9.17) is 4.84 Å². The molecule has 3 nitrogen and oxygen atoms in total. The molecule has 0 saturated heterocycles. The molecule has 0 radical (unpaired) electrons. The van der Waals surface area contributed by atoms with Crippen molar-refractivity contribution in [2.45, 2.75) is 6.92 Å². The number of nitrogens with zero attached hydrogens (tertiary/aromatic N) is 2. The molecule has 0 aliphatic rings. The van der Waals surface area contributed by atoms with E-state index in [2.05, 4.69) is 10.5 Å². The van der Waals surface area contributed by atoms with Crippen LogP contribution in [0.5, 0.6) is 0 Å². The van der Waals surface area contributed by atoms with Gasteiger partial charge in [-0.15, -0.1) is 5.70 Å². The summed E-state index contributed by atoms with van der Waals surface area (Å²) in [5.41, 5.74) is 7.60. The summed E-state index contributed by atoms with van der Waals surface area (Å²) < 4.78 is 0. The van der Waals surface area contributed by atoms with E-state index >= 15 is 0 Å². The molecule has 2 aromatic rings. The van der Waals surface area contributed by atoms with Crippen LogP contribution >= 0.6 is 0 Å². The van der Waals surface area contributed by atoms with Crippen LogP contribution < -0.4 is 0 Å². The van der Waals surface area contributed by atoms with Gasteiger partial charge < -0.3 is 32.6 Å². The maximum Gasteiger partial charge on any atom is 4.00 e. The summed E-state index contributed by atoms with van der Waals surface area (Å²) in [4.78, 5) is 9.44. The van der Waals surface area contributed by atoms with Gasteiger partial charge in [0.05, 0.1) is 5.69 Å². The van der Waals surface area contributed by atoms with Crippen LogP contribution in [0.15, 0.2) is 71.7 Å². The third-order valence-corrected chi connectivity index (χ3v) is 2.67. The van der Waals surface area contributed by atoms with E-state index < -0.39 is 0 Å². The fraction of sp³-hybridized carbons (Fsp3) is 0.100. The van der Waals surface area contributed by atoms with Crippen molar-refractivity contribution in [1.29, 1.82) is 0 Å². The molecule has 0 saturated carbocycles.